The first-order valence-corrected chi connectivity index (χ1v) is 6.78. The van der Waals surface area contributed by atoms with Crippen molar-refractivity contribution in [1.29, 1.82) is 0 Å². The molecular formula is C17H13NO5. The normalized spacial score (nSPS) is 10.5. The molecule has 2 heterocycles. The molecule has 0 aliphatic carbocycles. The molecule has 0 amide bonds. The topological polar surface area (TPSA) is 78.6 Å². The van der Waals surface area contributed by atoms with Crippen LogP contribution in [0.15, 0.2) is 51.9 Å². The molecular weight excluding hydrogens is 298 g/mol. The maximum Gasteiger partial charge on any atom is 0.347 e. The summed E-state index contributed by atoms with van der Waals surface area (Å²) in [7, 11) is 2.99. The van der Waals surface area contributed by atoms with Crippen LogP contribution in [-0.2, 0) is 0 Å². The Bertz CT molecular complexity index is 931. The molecule has 6 heteroatoms. The molecule has 0 aliphatic heterocycles. The highest BCUT2D eigenvalue weighted by Crippen LogP contribution is 2.31. The van der Waals surface area contributed by atoms with Crippen molar-refractivity contribution in [2.24, 2.45) is 0 Å². The van der Waals surface area contributed by atoms with Gasteiger partial charge in [0.2, 0.25) is 0 Å². The molecule has 0 saturated carbocycles. The number of carbonyl (C=O) groups is 1. The smallest absolute Gasteiger partial charge is 0.347 e. The Morgan fingerprint density at radius 1 is 1.09 bits per heavy atom. The van der Waals surface area contributed by atoms with Crippen LogP contribution in [0.2, 0.25) is 0 Å². The molecule has 116 valence electrons. The van der Waals surface area contributed by atoms with E-state index in [9.17, 15) is 9.59 Å². The second-order valence-corrected chi connectivity index (χ2v) is 4.75. The van der Waals surface area contributed by atoms with Gasteiger partial charge in [-0.25, -0.2) is 4.79 Å². The summed E-state index contributed by atoms with van der Waals surface area (Å²) < 4.78 is 15.7. The van der Waals surface area contributed by atoms with Crippen molar-refractivity contribution in [1.82, 2.24) is 4.98 Å². The summed E-state index contributed by atoms with van der Waals surface area (Å²) in [5.41, 5.74) is -0.126. The summed E-state index contributed by atoms with van der Waals surface area (Å²) in [6.45, 7) is 0. The minimum Gasteiger partial charge on any atom is -0.496 e. The average molecular weight is 311 g/mol. The maximum atomic E-state index is 12.5. The van der Waals surface area contributed by atoms with Gasteiger partial charge >= 0.3 is 5.63 Å². The van der Waals surface area contributed by atoms with Crippen LogP contribution in [0.3, 0.4) is 0 Å². The highest BCUT2D eigenvalue weighted by Gasteiger charge is 2.18. The summed E-state index contributed by atoms with van der Waals surface area (Å²) >= 11 is 0. The Morgan fingerprint density at radius 3 is 2.48 bits per heavy atom. The fourth-order valence-electron chi connectivity index (χ4n) is 2.27. The van der Waals surface area contributed by atoms with E-state index in [4.69, 9.17) is 13.9 Å². The number of carbonyl (C=O) groups excluding carboxylic acids is 1. The molecule has 0 spiro atoms. The lowest BCUT2D eigenvalue weighted by molar-refractivity contribution is 0.103. The molecule has 2 aromatic heterocycles. The van der Waals surface area contributed by atoms with Gasteiger partial charge < -0.3 is 13.9 Å². The zero-order valence-electron chi connectivity index (χ0n) is 12.5. The summed E-state index contributed by atoms with van der Waals surface area (Å²) in [4.78, 5) is 28.5. The van der Waals surface area contributed by atoms with E-state index in [-0.39, 0.29) is 11.1 Å². The molecule has 23 heavy (non-hydrogen) atoms. The summed E-state index contributed by atoms with van der Waals surface area (Å²) in [5, 5.41) is 0.519. The van der Waals surface area contributed by atoms with E-state index >= 15 is 0 Å². The van der Waals surface area contributed by atoms with Gasteiger partial charge in [-0.1, -0.05) is 0 Å². The van der Waals surface area contributed by atoms with Gasteiger partial charge in [0.05, 0.1) is 19.6 Å². The molecule has 3 aromatic rings. The largest absolute Gasteiger partial charge is 0.496 e. The fraction of sp³-hybridized carbons (Fsp3) is 0.118. The Labute approximate surface area is 131 Å². The quantitative estimate of drug-likeness (QED) is 0.544. The Hall–Kier alpha value is -3.15. The van der Waals surface area contributed by atoms with Gasteiger partial charge in [0.25, 0.3) is 0 Å². The van der Waals surface area contributed by atoms with Crippen molar-refractivity contribution in [2.75, 3.05) is 14.2 Å². The van der Waals surface area contributed by atoms with Crippen LogP contribution < -0.4 is 15.1 Å². The molecule has 0 saturated heterocycles. The van der Waals surface area contributed by atoms with Crippen LogP contribution in [0, 0.1) is 0 Å². The van der Waals surface area contributed by atoms with E-state index < -0.39 is 11.4 Å². The van der Waals surface area contributed by atoms with Gasteiger partial charge in [0.1, 0.15) is 22.6 Å². The summed E-state index contributed by atoms with van der Waals surface area (Å²) in [5.74, 6) is 0.513. The van der Waals surface area contributed by atoms with E-state index in [0.29, 0.717) is 22.4 Å². The molecule has 1 aromatic carbocycles. The lowest BCUT2D eigenvalue weighted by Gasteiger charge is -2.08. The lowest BCUT2D eigenvalue weighted by Crippen LogP contribution is -2.15. The van der Waals surface area contributed by atoms with E-state index in [1.165, 1.54) is 44.8 Å². The predicted octanol–water partition coefficient (Wildman–Crippen LogP) is 2.44. The number of fused-ring (bicyclic) bond motifs is 1. The Kier molecular flexibility index (Phi) is 3.80. The van der Waals surface area contributed by atoms with Gasteiger partial charge in [0.15, 0.2) is 5.78 Å². The zero-order valence-corrected chi connectivity index (χ0v) is 12.5. The first kappa shape index (κ1) is 14.8. The molecule has 0 fully saturated rings. The number of pyridine rings is 1. The monoisotopic (exact) mass is 311 g/mol. The Morgan fingerprint density at radius 2 is 1.83 bits per heavy atom. The minimum absolute atomic E-state index is 0.0628. The molecule has 0 aliphatic rings. The molecule has 0 radical (unpaired) electrons. The van der Waals surface area contributed by atoms with E-state index in [1.54, 1.807) is 12.1 Å². The fourth-order valence-corrected chi connectivity index (χ4v) is 2.27. The van der Waals surface area contributed by atoms with Gasteiger partial charge in [-0.2, -0.15) is 0 Å². The third kappa shape index (κ3) is 2.66. The van der Waals surface area contributed by atoms with Crippen molar-refractivity contribution in [2.45, 2.75) is 0 Å². The number of benzene rings is 1. The lowest BCUT2D eigenvalue weighted by atomic mass is 10.0. The number of rotatable bonds is 4. The second-order valence-electron chi connectivity index (χ2n) is 4.75. The highest BCUT2D eigenvalue weighted by molar-refractivity contribution is 6.10. The number of hydrogen-bond donors (Lipinski definition) is 0. The molecule has 0 N–H and O–H groups in total. The third-order valence-corrected chi connectivity index (χ3v) is 3.43. The number of hydrogen-bond acceptors (Lipinski definition) is 6. The predicted molar refractivity (Wildman–Crippen MR) is 83.3 cm³/mol. The van der Waals surface area contributed by atoms with Crippen molar-refractivity contribution >= 4 is 16.8 Å². The maximum absolute atomic E-state index is 12.5. The zero-order chi connectivity index (χ0) is 16.4. The van der Waals surface area contributed by atoms with Gasteiger partial charge in [-0.05, 0) is 18.2 Å². The van der Waals surface area contributed by atoms with Crippen LogP contribution >= 0.6 is 0 Å². The van der Waals surface area contributed by atoms with Crippen LogP contribution in [0.1, 0.15) is 15.9 Å². The first-order valence-electron chi connectivity index (χ1n) is 6.78. The molecule has 0 atom stereocenters. The number of nitrogens with zero attached hydrogens (tertiary/aromatic N) is 1. The van der Waals surface area contributed by atoms with Crippen LogP contribution in [0.5, 0.6) is 11.5 Å². The van der Waals surface area contributed by atoms with Crippen molar-refractivity contribution in [3.8, 4) is 11.5 Å². The van der Waals surface area contributed by atoms with Gasteiger partial charge in [0, 0.05) is 30.1 Å². The van der Waals surface area contributed by atoms with E-state index in [1.807, 2.05) is 0 Å². The summed E-state index contributed by atoms with van der Waals surface area (Å²) in [6, 6.07) is 7.78. The Balaban J connectivity index is 2.22. The van der Waals surface area contributed by atoms with E-state index in [0.717, 1.165) is 0 Å². The third-order valence-electron chi connectivity index (χ3n) is 3.43. The van der Waals surface area contributed by atoms with E-state index in [2.05, 4.69) is 4.98 Å². The first-order chi connectivity index (χ1) is 11.1. The van der Waals surface area contributed by atoms with Crippen molar-refractivity contribution in [3.05, 3.63) is 64.3 Å². The van der Waals surface area contributed by atoms with Gasteiger partial charge in [-0.3, -0.25) is 9.78 Å². The average Bonchev–Trinajstić information content (AvgIpc) is 2.60. The number of ether oxygens (including phenoxy) is 2. The van der Waals surface area contributed by atoms with Crippen molar-refractivity contribution in [3.63, 3.8) is 0 Å². The van der Waals surface area contributed by atoms with Gasteiger partial charge in [-0.15, -0.1) is 0 Å². The molecule has 3 rings (SSSR count). The van der Waals surface area contributed by atoms with Crippen LogP contribution in [0.4, 0.5) is 0 Å². The van der Waals surface area contributed by atoms with Crippen LogP contribution in [0.25, 0.3) is 11.0 Å². The number of ketones is 1. The van der Waals surface area contributed by atoms with Crippen LogP contribution in [-0.4, -0.2) is 25.0 Å². The molecule has 0 bridgehead atoms. The SMILES string of the molecule is COc1cc(OC)c2cc(C(=O)c3ccncc3)c(=O)oc2c1. The summed E-state index contributed by atoms with van der Waals surface area (Å²) in [6.07, 6.45) is 2.97. The van der Waals surface area contributed by atoms with Crippen molar-refractivity contribution < 1.29 is 18.7 Å². The standard InChI is InChI=1S/C17H13NO5/c1-21-11-7-14(22-2)12-9-13(17(20)23-15(12)8-11)16(19)10-3-5-18-6-4-10/h3-9H,1-2H3. The molecule has 0 unspecified atom stereocenters. The number of aromatic nitrogens is 1. The highest BCUT2D eigenvalue weighted by atomic mass is 16.5. The molecule has 6 nitrogen and oxygen atoms in total. The minimum atomic E-state index is -0.713. The second kappa shape index (κ2) is 5.92. The number of methoxy groups -OCH3 is 2.